The van der Waals surface area contributed by atoms with Gasteiger partial charge >= 0.3 is 0 Å². The van der Waals surface area contributed by atoms with Gasteiger partial charge in [0.05, 0.1) is 6.61 Å². The van der Waals surface area contributed by atoms with Crippen molar-refractivity contribution in [1.82, 2.24) is 4.90 Å². The lowest BCUT2D eigenvalue weighted by Gasteiger charge is -2.25. The average molecular weight is 218 g/mol. The van der Waals surface area contributed by atoms with E-state index >= 15 is 0 Å². The zero-order chi connectivity index (χ0) is 10.2. The van der Waals surface area contributed by atoms with Crippen molar-refractivity contribution in [3.8, 4) is 0 Å². The fraction of sp³-hybridized carbons (Fsp3) is 0.900. The minimum Gasteiger partial charge on any atom is -0.396 e. The van der Waals surface area contributed by atoms with Crippen LogP contribution in [0.4, 0.5) is 0 Å². The number of carbonyl (C=O) groups is 1. The molecule has 0 aromatic rings. The Balaban J connectivity index is 2.08. The molecular weight excluding hydrogens is 202 g/mol. The van der Waals surface area contributed by atoms with Gasteiger partial charge in [0.15, 0.2) is 0 Å². The van der Waals surface area contributed by atoms with Gasteiger partial charge in [-0.3, -0.25) is 4.79 Å². The van der Waals surface area contributed by atoms with Crippen molar-refractivity contribution < 1.29 is 9.90 Å². The van der Waals surface area contributed by atoms with E-state index in [0.717, 1.165) is 19.4 Å². The molecule has 0 unspecified atom stereocenters. The normalized spacial score (nSPS) is 36.1. The first-order valence-electron chi connectivity index (χ1n) is 5.16. The van der Waals surface area contributed by atoms with Gasteiger partial charge in [-0.15, -0.1) is 11.6 Å². The van der Waals surface area contributed by atoms with E-state index in [0.29, 0.717) is 12.5 Å². The van der Waals surface area contributed by atoms with Crippen LogP contribution in [0.15, 0.2) is 0 Å². The van der Waals surface area contributed by atoms with Crippen molar-refractivity contribution in [3.63, 3.8) is 0 Å². The number of aliphatic hydroxyl groups is 1. The van der Waals surface area contributed by atoms with Gasteiger partial charge in [-0.1, -0.05) is 6.42 Å². The average Bonchev–Trinajstić information content (AvgIpc) is 2.72. The lowest BCUT2D eigenvalue weighted by atomic mass is 9.82. The van der Waals surface area contributed by atoms with E-state index in [2.05, 4.69) is 0 Å². The number of nitrogens with zero attached hydrogens (tertiary/aromatic N) is 1. The maximum absolute atomic E-state index is 11.4. The number of hydrogen-bond acceptors (Lipinski definition) is 2. The Bertz CT molecular complexity index is 246. The van der Waals surface area contributed by atoms with E-state index in [-0.39, 0.29) is 23.8 Å². The topological polar surface area (TPSA) is 40.5 Å². The molecule has 1 amide bonds. The Morgan fingerprint density at radius 1 is 1.64 bits per heavy atom. The number of aliphatic hydroxyl groups excluding tert-OH is 1. The lowest BCUT2D eigenvalue weighted by Crippen LogP contribution is -2.34. The Morgan fingerprint density at radius 3 is 3.00 bits per heavy atom. The molecule has 1 aliphatic heterocycles. The van der Waals surface area contributed by atoms with E-state index < -0.39 is 0 Å². The molecule has 0 aromatic carbocycles. The van der Waals surface area contributed by atoms with Gasteiger partial charge in [-0.2, -0.15) is 0 Å². The van der Waals surface area contributed by atoms with Gasteiger partial charge in [0.25, 0.3) is 0 Å². The SMILES string of the molecule is O=C(CCl)N1C[C@@H]2CCC[C@@]2(CO)C1. The third-order valence-electron chi connectivity index (χ3n) is 3.82. The number of alkyl halides is 1. The van der Waals surface area contributed by atoms with Crippen LogP contribution in [0.5, 0.6) is 0 Å². The number of likely N-dealkylation sites (tertiary alicyclic amines) is 1. The van der Waals surface area contributed by atoms with Crippen molar-refractivity contribution in [2.75, 3.05) is 25.6 Å². The fourth-order valence-corrected chi connectivity index (χ4v) is 3.12. The van der Waals surface area contributed by atoms with Gasteiger partial charge in [-0.05, 0) is 18.8 Å². The minimum atomic E-state index is 0.00171. The van der Waals surface area contributed by atoms with Gasteiger partial charge < -0.3 is 10.0 Å². The highest BCUT2D eigenvalue weighted by molar-refractivity contribution is 6.27. The quantitative estimate of drug-likeness (QED) is 0.697. The molecule has 2 aliphatic rings. The molecule has 3 nitrogen and oxygen atoms in total. The molecule has 0 radical (unpaired) electrons. The third-order valence-corrected chi connectivity index (χ3v) is 4.05. The monoisotopic (exact) mass is 217 g/mol. The molecule has 2 fully saturated rings. The molecule has 0 spiro atoms. The molecule has 1 saturated heterocycles. The van der Waals surface area contributed by atoms with Gasteiger partial charge in [0, 0.05) is 18.5 Å². The van der Waals surface area contributed by atoms with Crippen LogP contribution in [0.3, 0.4) is 0 Å². The highest BCUT2D eigenvalue weighted by atomic mass is 35.5. The number of carbonyl (C=O) groups excluding carboxylic acids is 1. The summed E-state index contributed by atoms with van der Waals surface area (Å²) in [7, 11) is 0. The van der Waals surface area contributed by atoms with E-state index in [1.165, 1.54) is 6.42 Å². The second kappa shape index (κ2) is 3.70. The van der Waals surface area contributed by atoms with Crippen LogP contribution in [0.2, 0.25) is 0 Å². The second-order valence-electron chi connectivity index (χ2n) is 4.52. The van der Waals surface area contributed by atoms with Crippen LogP contribution in [-0.2, 0) is 4.79 Å². The van der Waals surface area contributed by atoms with Crippen molar-refractivity contribution in [2.24, 2.45) is 11.3 Å². The Morgan fingerprint density at radius 2 is 2.43 bits per heavy atom. The number of halogens is 1. The third kappa shape index (κ3) is 1.43. The van der Waals surface area contributed by atoms with Crippen LogP contribution < -0.4 is 0 Å². The molecule has 1 N–H and O–H groups in total. The summed E-state index contributed by atoms with van der Waals surface area (Å²) in [6, 6.07) is 0. The van der Waals surface area contributed by atoms with E-state index in [9.17, 15) is 9.90 Å². The largest absolute Gasteiger partial charge is 0.396 e. The van der Waals surface area contributed by atoms with Crippen LogP contribution in [-0.4, -0.2) is 41.5 Å². The summed E-state index contributed by atoms with van der Waals surface area (Å²) in [5.41, 5.74) is 0.00171. The Hall–Kier alpha value is -0.280. The molecule has 1 aliphatic carbocycles. The Kier molecular flexibility index (Phi) is 2.71. The summed E-state index contributed by atoms with van der Waals surface area (Å²) >= 11 is 5.52. The zero-order valence-electron chi connectivity index (χ0n) is 8.21. The van der Waals surface area contributed by atoms with E-state index in [4.69, 9.17) is 11.6 Å². The number of rotatable bonds is 2. The summed E-state index contributed by atoms with van der Waals surface area (Å²) < 4.78 is 0. The van der Waals surface area contributed by atoms with Gasteiger partial charge in [0.1, 0.15) is 5.88 Å². The molecule has 4 heteroatoms. The molecule has 1 saturated carbocycles. The van der Waals surface area contributed by atoms with Crippen LogP contribution in [0.25, 0.3) is 0 Å². The molecule has 0 bridgehead atoms. The van der Waals surface area contributed by atoms with Crippen LogP contribution >= 0.6 is 11.6 Å². The highest BCUT2D eigenvalue weighted by Crippen LogP contribution is 2.48. The first kappa shape index (κ1) is 10.2. The van der Waals surface area contributed by atoms with E-state index in [1.54, 1.807) is 0 Å². The first-order chi connectivity index (χ1) is 6.72. The fourth-order valence-electron chi connectivity index (χ4n) is 2.95. The molecule has 80 valence electrons. The van der Waals surface area contributed by atoms with Crippen LogP contribution in [0, 0.1) is 11.3 Å². The summed E-state index contributed by atoms with van der Waals surface area (Å²) in [6.45, 7) is 1.72. The predicted molar refractivity (Wildman–Crippen MR) is 54.2 cm³/mol. The lowest BCUT2D eigenvalue weighted by molar-refractivity contribution is -0.128. The number of hydrogen-bond donors (Lipinski definition) is 1. The maximum Gasteiger partial charge on any atom is 0.237 e. The first-order valence-corrected chi connectivity index (χ1v) is 5.70. The molecule has 0 aromatic heterocycles. The van der Waals surface area contributed by atoms with Crippen LogP contribution in [0.1, 0.15) is 19.3 Å². The highest BCUT2D eigenvalue weighted by Gasteiger charge is 2.49. The molecular formula is C10H16ClNO2. The summed E-state index contributed by atoms with van der Waals surface area (Å²) in [4.78, 5) is 13.2. The zero-order valence-corrected chi connectivity index (χ0v) is 8.96. The molecule has 2 atom stereocenters. The van der Waals surface area contributed by atoms with Crippen molar-refractivity contribution in [2.45, 2.75) is 19.3 Å². The van der Waals surface area contributed by atoms with Crippen molar-refractivity contribution >= 4 is 17.5 Å². The maximum atomic E-state index is 11.4. The summed E-state index contributed by atoms with van der Waals surface area (Å²) in [5.74, 6) is 0.572. The van der Waals surface area contributed by atoms with Gasteiger partial charge in [-0.25, -0.2) is 0 Å². The molecule has 14 heavy (non-hydrogen) atoms. The Labute approximate surface area is 89.0 Å². The summed E-state index contributed by atoms with van der Waals surface area (Å²) in [5, 5.41) is 9.43. The second-order valence-corrected chi connectivity index (χ2v) is 4.78. The predicted octanol–water partition coefficient (Wildman–Crippen LogP) is 0.846. The standard InChI is InChI=1S/C10H16ClNO2/c11-4-9(14)12-5-8-2-1-3-10(8,6-12)7-13/h8,13H,1-7H2/t8-,10-/m0/s1. The number of amides is 1. The molecule has 2 rings (SSSR count). The van der Waals surface area contributed by atoms with Gasteiger partial charge in [0.2, 0.25) is 5.91 Å². The molecule has 1 heterocycles. The smallest absolute Gasteiger partial charge is 0.237 e. The number of fused-ring (bicyclic) bond motifs is 1. The summed E-state index contributed by atoms with van der Waals surface area (Å²) in [6.07, 6.45) is 3.39. The van der Waals surface area contributed by atoms with E-state index in [1.807, 2.05) is 4.90 Å². The van der Waals surface area contributed by atoms with Crippen molar-refractivity contribution in [3.05, 3.63) is 0 Å². The van der Waals surface area contributed by atoms with Crippen molar-refractivity contribution in [1.29, 1.82) is 0 Å². The minimum absolute atomic E-state index is 0.00171.